The number of pyridine rings is 1. The number of nitrogens with zero attached hydrogens (tertiary/aromatic N) is 2. The fourth-order valence-corrected chi connectivity index (χ4v) is 5.92. The SMILES string of the molecule is CNc1c2oc3cccc(c13)N(c1ccc3oc4ccncc4c3c1)C1=CC(C=Cc3ccccc31)/C=C/C=C\2. The van der Waals surface area contributed by atoms with Crippen LogP contribution in [0, 0.1) is 5.92 Å². The molecule has 3 aromatic heterocycles. The van der Waals surface area contributed by atoms with E-state index in [9.17, 15) is 0 Å². The quantitative estimate of drug-likeness (QED) is 0.247. The molecule has 4 heterocycles. The number of furan rings is 2. The lowest BCUT2D eigenvalue weighted by Crippen LogP contribution is -2.17. The zero-order valence-electron chi connectivity index (χ0n) is 21.8. The van der Waals surface area contributed by atoms with Gasteiger partial charge in [-0.25, -0.2) is 0 Å². The molecule has 4 bridgehead atoms. The Kier molecular flexibility index (Phi) is 5.04. The van der Waals surface area contributed by atoms with E-state index in [1.807, 2.05) is 37.5 Å². The van der Waals surface area contributed by atoms with E-state index in [0.717, 1.165) is 67.0 Å². The van der Waals surface area contributed by atoms with E-state index in [0.29, 0.717) is 0 Å². The number of nitrogens with one attached hydrogen (secondary N) is 1. The molecule has 0 fully saturated rings. The zero-order valence-corrected chi connectivity index (χ0v) is 21.8. The van der Waals surface area contributed by atoms with Crippen molar-refractivity contribution in [2.24, 2.45) is 5.92 Å². The van der Waals surface area contributed by atoms with Crippen molar-refractivity contribution in [2.75, 3.05) is 17.3 Å². The lowest BCUT2D eigenvalue weighted by Gasteiger charge is -2.30. The molecule has 1 aliphatic carbocycles. The van der Waals surface area contributed by atoms with E-state index in [2.05, 4.69) is 100 Å². The Morgan fingerprint density at radius 3 is 2.70 bits per heavy atom. The minimum atomic E-state index is 0.0983. The molecule has 5 heteroatoms. The van der Waals surface area contributed by atoms with E-state index in [-0.39, 0.29) is 5.92 Å². The van der Waals surface area contributed by atoms with Gasteiger partial charge in [0.15, 0.2) is 5.76 Å². The Morgan fingerprint density at radius 2 is 1.75 bits per heavy atom. The Bertz CT molecular complexity index is 2070. The molecular formula is C35H25N3O2. The summed E-state index contributed by atoms with van der Waals surface area (Å²) in [5.74, 6) is 0.895. The van der Waals surface area contributed by atoms with Crippen LogP contribution < -0.4 is 10.2 Å². The summed E-state index contributed by atoms with van der Waals surface area (Å²) in [7, 11) is 1.95. The topological polar surface area (TPSA) is 54.4 Å². The molecule has 6 aromatic rings. The van der Waals surface area contributed by atoms with Crippen LogP contribution in [0.15, 0.2) is 118 Å². The Morgan fingerprint density at radius 1 is 0.825 bits per heavy atom. The molecule has 1 aliphatic heterocycles. The summed E-state index contributed by atoms with van der Waals surface area (Å²) in [6.07, 6.45) is 18.8. The minimum Gasteiger partial charge on any atom is -0.456 e. The molecule has 0 saturated heterocycles. The molecule has 5 nitrogen and oxygen atoms in total. The van der Waals surface area contributed by atoms with Gasteiger partial charge in [0.2, 0.25) is 0 Å². The van der Waals surface area contributed by atoms with E-state index in [1.54, 1.807) is 6.20 Å². The standard InChI is InChI=1S/C35H25N3O2/c1-36-35-33-11-5-2-7-22-13-14-23-8-3-4-9-25(23)29(19-22)38(28-10-6-12-32(40-33)34(28)35)24-15-16-30-26(20-24)27-21-37-18-17-31(27)39-30/h2-22,36H,1H3/b7-2+,11-5-. The Labute approximate surface area is 231 Å². The first-order valence-electron chi connectivity index (χ1n) is 13.4. The largest absolute Gasteiger partial charge is 0.456 e. The molecule has 40 heavy (non-hydrogen) atoms. The third kappa shape index (κ3) is 3.45. The minimum absolute atomic E-state index is 0.0983. The number of anilines is 3. The van der Waals surface area contributed by atoms with Crippen molar-refractivity contribution < 1.29 is 8.83 Å². The molecule has 192 valence electrons. The summed E-state index contributed by atoms with van der Waals surface area (Å²) in [5.41, 5.74) is 8.93. The van der Waals surface area contributed by atoms with Gasteiger partial charge in [-0.1, -0.05) is 60.7 Å². The lowest BCUT2D eigenvalue weighted by atomic mass is 10.00. The fourth-order valence-electron chi connectivity index (χ4n) is 5.92. The second-order valence-electron chi connectivity index (χ2n) is 10.1. The predicted molar refractivity (Wildman–Crippen MR) is 165 cm³/mol. The number of rotatable bonds is 2. The van der Waals surface area contributed by atoms with Gasteiger partial charge >= 0.3 is 0 Å². The number of fused-ring (bicyclic) bond motifs is 7. The fraction of sp³-hybridized carbons (Fsp3) is 0.0571. The first-order valence-corrected chi connectivity index (χ1v) is 13.4. The lowest BCUT2D eigenvalue weighted by molar-refractivity contribution is 0.605. The molecule has 8 rings (SSSR count). The molecule has 1 atom stereocenters. The number of allylic oxidation sites excluding steroid dienone is 5. The van der Waals surface area contributed by atoms with Gasteiger partial charge in [0.1, 0.15) is 16.7 Å². The van der Waals surface area contributed by atoms with Crippen molar-refractivity contribution in [3.05, 3.63) is 126 Å². The van der Waals surface area contributed by atoms with Crippen LogP contribution >= 0.6 is 0 Å². The van der Waals surface area contributed by atoms with E-state index in [4.69, 9.17) is 8.83 Å². The maximum Gasteiger partial charge on any atom is 0.151 e. The highest BCUT2D eigenvalue weighted by Gasteiger charge is 2.26. The normalized spacial score (nSPS) is 17.8. The highest BCUT2D eigenvalue weighted by Crippen LogP contribution is 2.46. The van der Waals surface area contributed by atoms with Crippen LogP contribution in [-0.4, -0.2) is 12.0 Å². The van der Waals surface area contributed by atoms with E-state index < -0.39 is 0 Å². The monoisotopic (exact) mass is 519 g/mol. The Hall–Kier alpha value is -5.29. The van der Waals surface area contributed by atoms with Crippen molar-refractivity contribution in [2.45, 2.75) is 0 Å². The molecule has 0 amide bonds. The molecule has 2 aliphatic rings. The van der Waals surface area contributed by atoms with Gasteiger partial charge in [-0.2, -0.15) is 0 Å². The van der Waals surface area contributed by atoms with Gasteiger partial charge in [-0.15, -0.1) is 0 Å². The molecule has 3 aromatic carbocycles. The predicted octanol–water partition coefficient (Wildman–Crippen LogP) is 9.17. The van der Waals surface area contributed by atoms with E-state index >= 15 is 0 Å². The number of benzene rings is 3. The summed E-state index contributed by atoms with van der Waals surface area (Å²) >= 11 is 0. The van der Waals surface area contributed by atoms with Crippen molar-refractivity contribution >= 4 is 67.8 Å². The van der Waals surface area contributed by atoms with Crippen LogP contribution in [0.1, 0.15) is 16.9 Å². The second kappa shape index (κ2) is 8.89. The summed E-state index contributed by atoms with van der Waals surface area (Å²) in [6.45, 7) is 0. The average Bonchev–Trinajstić information content (AvgIpc) is 3.48. The number of hydrogen-bond acceptors (Lipinski definition) is 5. The molecule has 1 unspecified atom stereocenters. The zero-order chi connectivity index (χ0) is 26.6. The van der Waals surface area contributed by atoms with Crippen LogP contribution in [0.2, 0.25) is 0 Å². The molecule has 0 saturated carbocycles. The van der Waals surface area contributed by atoms with Crippen molar-refractivity contribution in [1.29, 1.82) is 0 Å². The highest BCUT2D eigenvalue weighted by molar-refractivity contribution is 6.11. The van der Waals surface area contributed by atoms with Crippen LogP contribution in [0.25, 0.3) is 50.8 Å². The smallest absolute Gasteiger partial charge is 0.151 e. The van der Waals surface area contributed by atoms with Gasteiger partial charge in [0.05, 0.1) is 22.5 Å². The third-order valence-electron chi connectivity index (χ3n) is 7.74. The molecule has 0 spiro atoms. The van der Waals surface area contributed by atoms with Crippen molar-refractivity contribution in [3.8, 4) is 0 Å². The molecule has 0 radical (unpaired) electrons. The molecule has 1 N–H and O–H groups in total. The van der Waals surface area contributed by atoms with Gasteiger partial charge in [0, 0.05) is 47.4 Å². The first kappa shape index (κ1) is 22.7. The maximum atomic E-state index is 6.38. The third-order valence-corrected chi connectivity index (χ3v) is 7.74. The first-order chi connectivity index (χ1) is 19.8. The maximum absolute atomic E-state index is 6.38. The number of aromatic nitrogens is 1. The van der Waals surface area contributed by atoms with Crippen LogP contribution in [0.3, 0.4) is 0 Å². The van der Waals surface area contributed by atoms with E-state index in [1.165, 1.54) is 5.56 Å². The van der Waals surface area contributed by atoms with Crippen molar-refractivity contribution in [1.82, 2.24) is 4.98 Å². The van der Waals surface area contributed by atoms with Crippen LogP contribution in [0.4, 0.5) is 17.1 Å². The number of hydrogen-bond donors (Lipinski definition) is 1. The van der Waals surface area contributed by atoms with Crippen LogP contribution in [-0.2, 0) is 0 Å². The van der Waals surface area contributed by atoms with Crippen LogP contribution in [0.5, 0.6) is 0 Å². The van der Waals surface area contributed by atoms with Gasteiger partial charge in [0.25, 0.3) is 0 Å². The average molecular weight is 520 g/mol. The van der Waals surface area contributed by atoms with Gasteiger partial charge in [-0.3, -0.25) is 4.98 Å². The summed E-state index contributed by atoms with van der Waals surface area (Å²) < 4.78 is 12.5. The van der Waals surface area contributed by atoms with Gasteiger partial charge < -0.3 is 19.1 Å². The van der Waals surface area contributed by atoms with Crippen molar-refractivity contribution in [3.63, 3.8) is 0 Å². The molecular weight excluding hydrogens is 494 g/mol. The Balaban J connectivity index is 1.50. The highest BCUT2D eigenvalue weighted by atomic mass is 16.3. The second-order valence-corrected chi connectivity index (χ2v) is 10.1. The summed E-state index contributed by atoms with van der Waals surface area (Å²) in [5, 5.41) is 6.47. The summed E-state index contributed by atoms with van der Waals surface area (Å²) in [4.78, 5) is 6.73. The summed E-state index contributed by atoms with van der Waals surface area (Å²) in [6, 6.07) is 23.2. The van der Waals surface area contributed by atoms with Gasteiger partial charge in [-0.05, 0) is 54.1 Å².